The smallest absolute Gasteiger partial charge is 0.303 e. The van der Waals surface area contributed by atoms with Crippen LogP contribution in [0.1, 0.15) is 41.0 Å². The molecule has 0 aromatic heterocycles. The summed E-state index contributed by atoms with van der Waals surface area (Å²) in [6.07, 6.45) is -1.30. The van der Waals surface area contributed by atoms with Crippen molar-refractivity contribution < 1.29 is 18.3 Å². The fraction of sp³-hybridized carbons (Fsp3) is 0.917. The lowest BCUT2D eigenvalue weighted by molar-refractivity contribution is -0.142. The van der Waals surface area contributed by atoms with E-state index in [2.05, 4.69) is 15.9 Å². The fourth-order valence-electron chi connectivity index (χ4n) is 1.84. The molecule has 0 aromatic carbocycles. The van der Waals surface area contributed by atoms with Crippen LogP contribution in [0, 0.1) is 11.3 Å². The maximum Gasteiger partial charge on any atom is 0.303 e. The highest BCUT2D eigenvalue weighted by molar-refractivity contribution is 9.10. The van der Waals surface area contributed by atoms with Gasteiger partial charge >= 0.3 is 4.83 Å². The van der Waals surface area contributed by atoms with Crippen molar-refractivity contribution in [2.75, 3.05) is 6.61 Å². The van der Waals surface area contributed by atoms with Crippen LogP contribution in [-0.4, -0.2) is 23.3 Å². The SMILES string of the molecule is CCOC(CC(F)(F)Br)C(C)(C)C(=O)C(C)C. The Balaban J connectivity index is 4.97. The molecule has 0 bridgehead atoms. The predicted octanol–water partition coefficient (Wildman–Crippen LogP) is 4.02. The van der Waals surface area contributed by atoms with Gasteiger partial charge in [0, 0.05) is 18.9 Å². The van der Waals surface area contributed by atoms with E-state index in [0.29, 0.717) is 6.61 Å². The molecule has 0 aliphatic rings. The summed E-state index contributed by atoms with van der Waals surface area (Å²) in [5, 5.41) is 0. The molecule has 102 valence electrons. The molecule has 5 heteroatoms. The zero-order valence-corrected chi connectivity index (χ0v) is 12.6. The van der Waals surface area contributed by atoms with Crippen LogP contribution in [0.4, 0.5) is 8.78 Å². The number of carbonyl (C=O) groups is 1. The highest BCUT2D eigenvalue weighted by Crippen LogP contribution is 2.37. The third kappa shape index (κ3) is 5.42. The highest BCUT2D eigenvalue weighted by atomic mass is 79.9. The minimum atomic E-state index is -3.01. The fourth-order valence-corrected chi connectivity index (χ4v) is 2.13. The number of rotatable bonds is 7. The zero-order valence-electron chi connectivity index (χ0n) is 11.0. The first kappa shape index (κ1) is 17.0. The lowest BCUT2D eigenvalue weighted by Crippen LogP contribution is -2.43. The minimum absolute atomic E-state index is 0.0623. The van der Waals surface area contributed by atoms with Gasteiger partial charge < -0.3 is 4.74 Å². The summed E-state index contributed by atoms with van der Waals surface area (Å²) in [7, 11) is 0. The monoisotopic (exact) mass is 314 g/mol. The van der Waals surface area contributed by atoms with Crippen LogP contribution in [0.15, 0.2) is 0 Å². The molecule has 0 rings (SSSR count). The molecule has 0 aliphatic carbocycles. The quantitative estimate of drug-likeness (QED) is 0.663. The molecule has 1 atom stereocenters. The van der Waals surface area contributed by atoms with Crippen molar-refractivity contribution in [3.05, 3.63) is 0 Å². The molecule has 1 unspecified atom stereocenters. The predicted molar refractivity (Wildman–Crippen MR) is 67.5 cm³/mol. The third-order valence-corrected chi connectivity index (χ3v) is 3.07. The molecule has 0 spiro atoms. The van der Waals surface area contributed by atoms with E-state index >= 15 is 0 Å². The van der Waals surface area contributed by atoms with Crippen molar-refractivity contribution in [2.24, 2.45) is 11.3 Å². The molecule has 0 amide bonds. The van der Waals surface area contributed by atoms with Gasteiger partial charge in [0.2, 0.25) is 0 Å². The summed E-state index contributed by atoms with van der Waals surface area (Å²) >= 11 is 2.30. The summed E-state index contributed by atoms with van der Waals surface area (Å²) in [4.78, 5) is 9.01. The van der Waals surface area contributed by atoms with Crippen molar-refractivity contribution in [2.45, 2.75) is 52.0 Å². The van der Waals surface area contributed by atoms with Gasteiger partial charge in [-0.3, -0.25) is 4.79 Å². The lowest BCUT2D eigenvalue weighted by Gasteiger charge is -2.35. The van der Waals surface area contributed by atoms with Crippen LogP contribution >= 0.6 is 15.9 Å². The second-order valence-corrected chi connectivity index (χ2v) is 6.16. The van der Waals surface area contributed by atoms with Gasteiger partial charge in [-0.25, -0.2) is 0 Å². The number of carbonyl (C=O) groups excluding carboxylic acids is 1. The average Bonchev–Trinajstić information content (AvgIpc) is 2.13. The van der Waals surface area contributed by atoms with E-state index in [1.54, 1.807) is 34.6 Å². The molecule has 0 saturated carbocycles. The second kappa shape index (κ2) is 6.23. The number of hydrogen-bond donors (Lipinski definition) is 0. The first-order valence-electron chi connectivity index (χ1n) is 5.75. The molecule has 0 aromatic rings. The second-order valence-electron chi connectivity index (χ2n) is 5.00. The van der Waals surface area contributed by atoms with E-state index in [1.807, 2.05) is 0 Å². The van der Waals surface area contributed by atoms with Crippen LogP contribution in [0.25, 0.3) is 0 Å². The molecular weight excluding hydrogens is 294 g/mol. The lowest BCUT2D eigenvalue weighted by atomic mass is 9.76. The summed E-state index contributed by atoms with van der Waals surface area (Å²) in [6.45, 7) is 8.89. The Hall–Kier alpha value is -0.0300. The molecule has 0 heterocycles. The van der Waals surface area contributed by atoms with Crippen LogP contribution in [0.3, 0.4) is 0 Å². The van der Waals surface area contributed by atoms with Gasteiger partial charge in [0.15, 0.2) is 0 Å². The van der Waals surface area contributed by atoms with Gasteiger partial charge in [-0.1, -0.05) is 27.7 Å². The number of halogens is 3. The average molecular weight is 315 g/mol. The normalized spacial score (nSPS) is 15.1. The Kier molecular flexibility index (Phi) is 6.22. The number of hydrogen-bond acceptors (Lipinski definition) is 2. The standard InChI is InChI=1S/C12H21BrF2O2/c1-6-17-9(7-12(13,14)15)11(4,5)10(16)8(2)3/h8-9H,6-7H2,1-5H3. The molecule has 0 fully saturated rings. The number of ketones is 1. The Morgan fingerprint density at radius 2 is 1.82 bits per heavy atom. The first-order chi connectivity index (χ1) is 7.52. The zero-order chi connectivity index (χ0) is 13.9. The van der Waals surface area contributed by atoms with E-state index in [9.17, 15) is 13.6 Å². The molecule has 2 nitrogen and oxygen atoms in total. The van der Waals surface area contributed by atoms with Crippen molar-refractivity contribution >= 4 is 21.7 Å². The Labute approximate surface area is 110 Å². The largest absolute Gasteiger partial charge is 0.377 e. The third-order valence-electron chi connectivity index (χ3n) is 2.75. The molecular formula is C12H21BrF2O2. The van der Waals surface area contributed by atoms with E-state index < -0.39 is 22.8 Å². The molecule has 0 radical (unpaired) electrons. The molecule has 0 saturated heterocycles. The van der Waals surface area contributed by atoms with Crippen molar-refractivity contribution in [3.8, 4) is 0 Å². The highest BCUT2D eigenvalue weighted by Gasteiger charge is 2.43. The van der Waals surface area contributed by atoms with Gasteiger partial charge in [-0.05, 0) is 22.9 Å². The first-order valence-corrected chi connectivity index (χ1v) is 6.54. The van der Waals surface area contributed by atoms with Gasteiger partial charge in [0.1, 0.15) is 5.78 Å². The van der Waals surface area contributed by atoms with Crippen LogP contribution in [0.5, 0.6) is 0 Å². The van der Waals surface area contributed by atoms with Gasteiger partial charge in [-0.2, -0.15) is 8.78 Å². The van der Waals surface area contributed by atoms with E-state index in [1.165, 1.54) is 0 Å². The maximum atomic E-state index is 13.0. The number of alkyl halides is 3. The van der Waals surface area contributed by atoms with Crippen molar-refractivity contribution in [1.29, 1.82) is 0 Å². The molecule has 17 heavy (non-hydrogen) atoms. The summed E-state index contributed by atoms with van der Waals surface area (Å²) in [5.74, 6) is -0.260. The Morgan fingerprint density at radius 3 is 2.12 bits per heavy atom. The van der Waals surface area contributed by atoms with Gasteiger partial charge in [0.25, 0.3) is 0 Å². The maximum absolute atomic E-state index is 13.0. The van der Waals surface area contributed by atoms with Crippen LogP contribution in [-0.2, 0) is 9.53 Å². The van der Waals surface area contributed by atoms with E-state index in [-0.39, 0.29) is 11.7 Å². The Morgan fingerprint density at radius 1 is 1.35 bits per heavy atom. The number of Topliss-reactive ketones (excluding diaryl/α,β-unsaturated/α-hetero) is 1. The summed E-state index contributed by atoms with van der Waals surface area (Å²) in [6, 6.07) is 0. The van der Waals surface area contributed by atoms with Crippen molar-refractivity contribution in [1.82, 2.24) is 0 Å². The number of ether oxygens (including phenoxy) is 1. The minimum Gasteiger partial charge on any atom is -0.377 e. The molecule has 0 aliphatic heterocycles. The van der Waals surface area contributed by atoms with E-state index in [4.69, 9.17) is 4.74 Å². The van der Waals surface area contributed by atoms with Crippen LogP contribution < -0.4 is 0 Å². The van der Waals surface area contributed by atoms with Gasteiger partial charge in [-0.15, -0.1) is 0 Å². The summed E-state index contributed by atoms with van der Waals surface area (Å²) < 4.78 is 31.4. The Bertz CT molecular complexity index is 260. The van der Waals surface area contributed by atoms with Crippen LogP contribution in [0.2, 0.25) is 0 Å². The van der Waals surface area contributed by atoms with E-state index in [0.717, 1.165) is 0 Å². The molecule has 0 N–H and O–H groups in total. The topological polar surface area (TPSA) is 26.3 Å². The van der Waals surface area contributed by atoms with Crippen molar-refractivity contribution in [3.63, 3.8) is 0 Å². The van der Waals surface area contributed by atoms with Gasteiger partial charge in [0.05, 0.1) is 11.5 Å². The summed E-state index contributed by atoms with van der Waals surface area (Å²) in [5.41, 5.74) is -0.915.